The number of methoxy groups -OCH3 is 2. The summed E-state index contributed by atoms with van der Waals surface area (Å²) in [6.07, 6.45) is 6.20. The van der Waals surface area contributed by atoms with E-state index in [9.17, 15) is 4.79 Å². The van der Waals surface area contributed by atoms with Crippen molar-refractivity contribution in [1.29, 1.82) is 0 Å². The predicted molar refractivity (Wildman–Crippen MR) is 120 cm³/mol. The number of para-hydroxylation sites is 1. The summed E-state index contributed by atoms with van der Waals surface area (Å²) in [7, 11) is 3.33. The van der Waals surface area contributed by atoms with Gasteiger partial charge < -0.3 is 19.7 Å². The number of piperidine rings is 1. The van der Waals surface area contributed by atoms with Crippen LogP contribution in [0.3, 0.4) is 0 Å². The Morgan fingerprint density at radius 1 is 1.19 bits per heavy atom. The molecule has 0 unspecified atom stereocenters. The van der Waals surface area contributed by atoms with Crippen LogP contribution in [-0.2, 0) is 25.9 Å². The van der Waals surface area contributed by atoms with Crippen LogP contribution in [-0.4, -0.2) is 53.9 Å². The molecule has 1 aliphatic heterocycles. The Bertz CT molecular complexity index is 918. The predicted octanol–water partition coefficient (Wildman–Crippen LogP) is 3.19. The molecule has 1 fully saturated rings. The summed E-state index contributed by atoms with van der Waals surface area (Å²) >= 11 is 0. The van der Waals surface area contributed by atoms with Crippen molar-refractivity contribution in [3.63, 3.8) is 0 Å². The van der Waals surface area contributed by atoms with Gasteiger partial charge in [-0.1, -0.05) is 12.1 Å². The number of rotatable bonds is 7. The van der Waals surface area contributed by atoms with Crippen LogP contribution < -0.4 is 14.8 Å². The van der Waals surface area contributed by atoms with Gasteiger partial charge in [-0.3, -0.25) is 9.48 Å². The maximum absolute atomic E-state index is 13.2. The monoisotopic (exact) mass is 426 g/mol. The van der Waals surface area contributed by atoms with Crippen LogP contribution in [0.15, 0.2) is 18.2 Å². The van der Waals surface area contributed by atoms with E-state index in [0.717, 1.165) is 74.4 Å². The third-order valence-corrected chi connectivity index (χ3v) is 6.56. The van der Waals surface area contributed by atoms with E-state index in [1.54, 1.807) is 14.2 Å². The van der Waals surface area contributed by atoms with Gasteiger partial charge >= 0.3 is 0 Å². The van der Waals surface area contributed by atoms with E-state index in [4.69, 9.17) is 14.6 Å². The summed E-state index contributed by atoms with van der Waals surface area (Å²) in [5.74, 6) is 1.62. The largest absolute Gasteiger partial charge is 0.493 e. The third-order valence-electron chi connectivity index (χ3n) is 6.56. The number of hydrogen-bond donors (Lipinski definition) is 1. The van der Waals surface area contributed by atoms with Gasteiger partial charge in [-0.2, -0.15) is 5.10 Å². The minimum absolute atomic E-state index is 0.110. The second-order valence-electron chi connectivity index (χ2n) is 8.42. The fourth-order valence-electron chi connectivity index (χ4n) is 4.89. The van der Waals surface area contributed by atoms with Crippen molar-refractivity contribution < 1.29 is 14.3 Å². The summed E-state index contributed by atoms with van der Waals surface area (Å²) < 4.78 is 13.0. The standard InChI is InChI=1S/C24H34N4O3/c1-4-28-20-12-11-18(25-16-17-9-8-10-21(30-2)23(17)31-3)15-19(20)22(26-28)24(29)27-13-6-5-7-14-27/h8-10,18,25H,4-7,11-16H2,1-3H3/t18-/m1/s1. The molecule has 1 aliphatic carbocycles. The van der Waals surface area contributed by atoms with Crippen molar-refractivity contribution in [2.24, 2.45) is 0 Å². The lowest BCUT2D eigenvalue weighted by Gasteiger charge is -2.28. The van der Waals surface area contributed by atoms with Crippen molar-refractivity contribution in [2.75, 3.05) is 27.3 Å². The molecule has 0 bridgehead atoms. The average molecular weight is 427 g/mol. The second-order valence-corrected chi connectivity index (χ2v) is 8.42. The Morgan fingerprint density at radius 2 is 2.00 bits per heavy atom. The fourth-order valence-corrected chi connectivity index (χ4v) is 4.89. The molecule has 0 spiro atoms. The van der Waals surface area contributed by atoms with Gasteiger partial charge in [-0.05, 0) is 51.5 Å². The van der Waals surface area contributed by atoms with E-state index in [0.29, 0.717) is 18.3 Å². The Morgan fingerprint density at radius 3 is 2.71 bits per heavy atom. The number of fused-ring (bicyclic) bond motifs is 1. The number of likely N-dealkylation sites (tertiary alicyclic amines) is 1. The number of amides is 1. The molecule has 1 saturated heterocycles. The highest BCUT2D eigenvalue weighted by Crippen LogP contribution is 2.31. The fraction of sp³-hybridized carbons (Fsp3) is 0.583. The number of carbonyl (C=O) groups is 1. The van der Waals surface area contributed by atoms with Crippen molar-refractivity contribution in [1.82, 2.24) is 20.0 Å². The first kappa shape index (κ1) is 21.7. The zero-order valence-corrected chi connectivity index (χ0v) is 18.9. The van der Waals surface area contributed by atoms with Gasteiger partial charge in [0.1, 0.15) is 0 Å². The third kappa shape index (κ3) is 4.42. The number of carbonyl (C=O) groups excluding carboxylic acids is 1. The minimum Gasteiger partial charge on any atom is -0.493 e. The van der Waals surface area contributed by atoms with Crippen LogP contribution in [0.5, 0.6) is 11.5 Å². The molecule has 1 atom stereocenters. The number of hydrogen-bond acceptors (Lipinski definition) is 5. The van der Waals surface area contributed by atoms with Crippen LogP contribution in [0.1, 0.15) is 59.9 Å². The summed E-state index contributed by atoms with van der Waals surface area (Å²) in [6.45, 7) is 5.29. The van der Waals surface area contributed by atoms with E-state index in [1.807, 2.05) is 21.7 Å². The molecule has 0 radical (unpaired) electrons. The lowest BCUT2D eigenvalue weighted by molar-refractivity contribution is 0.0716. The number of ether oxygens (including phenoxy) is 2. The highest BCUT2D eigenvalue weighted by atomic mass is 16.5. The molecule has 2 heterocycles. The van der Waals surface area contributed by atoms with Crippen LogP contribution in [0, 0.1) is 0 Å². The lowest BCUT2D eigenvalue weighted by Crippen LogP contribution is -2.38. The van der Waals surface area contributed by atoms with Crippen molar-refractivity contribution in [3.05, 3.63) is 40.7 Å². The van der Waals surface area contributed by atoms with Gasteiger partial charge in [0, 0.05) is 49.0 Å². The number of aryl methyl sites for hydroxylation is 1. The SMILES string of the molecule is CCn1nc(C(=O)N2CCCCC2)c2c1CC[C@@H](NCc1cccc(OC)c1OC)C2. The van der Waals surface area contributed by atoms with Crippen LogP contribution >= 0.6 is 0 Å². The number of aromatic nitrogens is 2. The Balaban J connectivity index is 1.50. The molecular weight excluding hydrogens is 392 g/mol. The van der Waals surface area contributed by atoms with Crippen LogP contribution in [0.25, 0.3) is 0 Å². The molecule has 168 valence electrons. The molecule has 1 amide bonds. The molecule has 4 rings (SSSR count). The maximum Gasteiger partial charge on any atom is 0.274 e. The highest BCUT2D eigenvalue weighted by Gasteiger charge is 2.31. The molecule has 1 N–H and O–H groups in total. The summed E-state index contributed by atoms with van der Waals surface area (Å²) in [5, 5.41) is 8.43. The number of benzene rings is 1. The Kier molecular flexibility index (Phi) is 6.80. The van der Waals surface area contributed by atoms with E-state index in [1.165, 1.54) is 12.1 Å². The van der Waals surface area contributed by atoms with E-state index < -0.39 is 0 Å². The van der Waals surface area contributed by atoms with Gasteiger partial charge in [0.15, 0.2) is 17.2 Å². The molecule has 0 saturated carbocycles. The first-order chi connectivity index (χ1) is 15.2. The van der Waals surface area contributed by atoms with Crippen molar-refractivity contribution >= 4 is 5.91 Å². The first-order valence-electron chi connectivity index (χ1n) is 11.5. The van der Waals surface area contributed by atoms with Crippen LogP contribution in [0.4, 0.5) is 0 Å². The topological polar surface area (TPSA) is 68.6 Å². The Labute approximate surface area is 184 Å². The summed E-state index contributed by atoms with van der Waals surface area (Å²) in [6, 6.07) is 6.25. The second kappa shape index (κ2) is 9.73. The maximum atomic E-state index is 13.2. The van der Waals surface area contributed by atoms with E-state index >= 15 is 0 Å². The molecule has 1 aromatic carbocycles. The molecule has 7 nitrogen and oxygen atoms in total. The smallest absolute Gasteiger partial charge is 0.274 e. The molecule has 31 heavy (non-hydrogen) atoms. The minimum atomic E-state index is 0.110. The molecule has 1 aromatic heterocycles. The van der Waals surface area contributed by atoms with Crippen molar-refractivity contribution in [2.45, 2.75) is 64.6 Å². The van der Waals surface area contributed by atoms with Gasteiger partial charge in [0.05, 0.1) is 14.2 Å². The normalized spacial score (nSPS) is 18.5. The van der Waals surface area contributed by atoms with Crippen LogP contribution in [0.2, 0.25) is 0 Å². The summed E-state index contributed by atoms with van der Waals surface area (Å²) in [4.78, 5) is 15.2. The zero-order chi connectivity index (χ0) is 21.8. The quantitative estimate of drug-likeness (QED) is 0.736. The highest BCUT2D eigenvalue weighted by molar-refractivity contribution is 5.94. The summed E-state index contributed by atoms with van der Waals surface area (Å²) in [5.41, 5.74) is 4.12. The number of nitrogens with one attached hydrogen (secondary N) is 1. The molecular formula is C24H34N4O3. The zero-order valence-electron chi connectivity index (χ0n) is 18.9. The van der Waals surface area contributed by atoms with Gasteiger partial charge in [0.2, 0.25) is 0 Å². The van der Waals surface area contributed by atoms with Gasteiger partial charge in [0.25, 0.3) is 5.91 Å². The number of nitrogens with zero attached hydrogens (tertiary/aromatic N) is 3. The molecule has 7 heteroatoms. The van der Waals surface area contributed by atoms with Gasteiger partial charge in [-0.15, -0.1) is 0 Å². The lowest BCUT2D eigenvalue weighted by atomic mass is 9.90. The van der Waals surface area contributed by atoms with Gasteiger partial charge in [-0.25, -0.2) is 0 Å². The van der Waals surface area contributed by atoms with Crippen molar-refractivity contribution in [3.8, 4) is 11.5 Å². The van der Waals surface area contributed by atoms with E-state index in [2.05, 4.69) is 18.3 Å². The molecule has 2 aliphatic rings. The molecule has 2 aromatic rings. The first-order valence-corrected chi connectivity index (χ1v) is 11.5. The average Bonchev–Trinajstić information content (AvgIpc) is 3.20. The van der Waals surface area contributed by atoms with E-state index in [-0.39, 0.29) is 5.91 Å². The Hall–Kier alpha value is -2.54.